The van der Waals surface area contributed by atoms with Crippen molar-refractivity contribution in [2.45, 2.75) is 39.0 Å². The predicted octanol–water partition coefficient (Wildman–Crippen LogP) is 1.94. The molecule has 0 aromatic rings. The number of aldehydes is 1. The molecule has 0 N–H and O–H groups in total. The first kappa shape index (κ1) is 11.2. The zero-order valence-electron chi connectivity index (χ0n) is 8.70. The summed E-state index contributed by atoms with van der Waals surface area (Å²) >= 11 is 0. The molecule has 0 bridgehead atoms. The van der Waals surface area contributed by atoms with Crippen molar-refractivity contribution in [1.82, 2.24) is 0 Å². The van der Waals surface area contributed by atoms with E-state index in [1.165, 1.54) is 19.3 Å². The van der Waals surface area contributed by atoms with Gasteiger partial charge in [-0.05, 0) is 25.7 Å². The number of carbonyl (C=O) groups is 2. The molecular weight excluding hydrogens is 180 g/mol. The highest BCUT2D eigenvalue weighted by Crippen LogP contribution is 2.23. The highest BCUT2D eigenvalue weighted by atomic mass is 16.5. The number of hydrogen-bond donors (Lipinski definition) is 0. The van der Waals surface area contributed by atoms with Crippen LogP contribution in [0.3, 0.4) is 0 Å². The molecule has 1 atom stereocenters. The second-order valence-electron chi connectivity index (χ2n) is 4.06. The Bertz CT molecular complexity index is 195. The van der Waals surface area contributed by atoms with Crippen LogP contribution in [0.4, 0.5) is 0 Å². The van der Waals surface area contributed by atoms with Crippen LogP contribution in [0, 0.1) is 11.8 Å². The fourth-order valence-electron chi connectivity index (χ4n) is 1.74. The standard InChI is InChI=1S/C11H18O3/c1-9(7-12)11(13)14-8-10-5-3-2-4-6-10/h7,9-10H,2-6,8H2,1H3/t9-/m1/s1. The van der Waals surface area contributed by atoms with Gasteiger partial charge in [0, 0.05) is 0 Å². The van der Waals surface area contributed by atoms with E-state index in [0.717, 1.165) is 12.8 Å². The second-order valence-corrected chi connectivity index (χ2v) is 4.06. The highest BCUT2D eigenvalue weighted by molar-refractivity contribution is 5.87. The molecule has 14 heavy (non-hydrogen) atoms. The van der Waals surface area contributed by atoms with Gasteiger partial charge in [0.1, 0.15) is 12.2 Å². The molecular formula is C11H18O3. The van der Waals surface area contributed by atoms with Gasteiger partial charge in [-0.25, -0.2) is 0 Å². The normalized spacial score (nSPS) is 20.1. The van der Waals surface area contributed by atoms with Crippen molar-refractivity contribution in [2.24, 2.45) is 11.8 Å². The molecule has 3 nitrogen and oxygen atoms in total. The minimum atomic E-state index is -0.612. The Morgan fingerprint density at radius 1 is 1.43 bits per heavy atom. The van der Waals surface area contributed by atoms with Gasteiger partial charge in [-0.15, -0.1) is 0 Å². The molecule has 1 fully saturated rings. The van der Waals surface area contributed by atoms with Gasteiger partial charge < -0.3 is 9.53 Å². The quantitative estimate of drug-likeness (QED) is 0.394. The van der Waals surface area contributed by atoms with E-state index in [1.807, 2.05) is 0 Å². The molecule has 1 aliphatic carbocycles. The highest BCUT2D eigenvalue weighted by Gasteiger charge is 2.18. The van der Waals surface area contributed by atoms with Gasteiger partial charge in [-0.1, -0.05) is 19.3 Å². The first-order chi connectivity index (χ1) is 6.74. The van der Waals surface area contributed by atoms with Crippen molar-refractivity contribution in [3.8, 4) is 0 Å². The summed E-state index contributed by atoms with van der Waals surface area (Å²) in [5, 5.41) is 0. The fraction of sp³-hybridized carbons (Fsp3) is 0.818. The molecule has 0 saturated heterocycles. The Hall–Kier alpha value is -0.860. The van der Waals surface area contributed by atoms with Crippen molar-refractivity contribution < 1.29 is 14.3 Å². The number of ether oxygens (including phenoxy) is 1. The maximum atomic E-state index is 11.2. The molecule has 1 rings (SSSR count). The Morgan fingerprint density at radius 2 is 2.07 bits per heavy atom. The summed E-state index contributed by atoms with van der Waals surface area (Å²) in [6, 6.07) is 0. The van der Waals surface area contributed by atoms with E-state index >= 15 is 0 Å². The van der Waals surface area contributed by atoms with Crippen LogP contribution in [-0.4, -0.2) is 18.9 Å². The first-order valence-corrected chi connectivity index (χ1v) is 5.36. The third-order valence-corrected chi connectivity index (χ3v) is 2.76. The molecule has 0 aliphatic heterocycles. The summed E-state index contributed by atoms with van der Waals surface area (Å²) < 4.78 is 5.06. The lowest BCUT2D eigenvalue weighted by Crippen LogP contribution is -2.21. The predicted molar refractivity (Wildman–Crippen MR) is 52.8 cm³/mol. The topological polar surface area (TPSA) is 43.4 Å². The van der Waals surface area contributed by atoms with Crippen LogP contribution < -0.4 is 0 Å². The minimum absolute atomic E-state index is 0.384. The summed E-state index contributed by atoms with van der Waals surface area (Å²) in [6.07, 6.45) is 6.72. The van der Waals surface area contributed by atoms with Gasteiger partial charge >= 0.3 is 5.97 Å². The largest absolute Gasteiger partial charge is 0.465 e. The molecule has 0 heterocycles. The van der Waals surface area contributed by atoms with Gasteiger partial charge in [-0.2, -0.15) is 0 Å². The third-order valence-electron chi connectivity index (χ3n) is 2.76. The lowest BCUT2D eigenvalue weighted by atomic mass is 9.90. The van der Waals surface area contributed by atoms with Crippen LogP contribution in [0.25, 0.3) is 0 Å². The molecule has 1 aliphatic rings. The molecule has 0 amide bonds. The number of hydrogen-bond acceptors (Lipinski definition) is 3. The monoisotopic (exact) mass is 198 g/mol. The molecule has 0 aromatic carbocycles. The van der Waals surface area contributed by atoms with E-state index in [2.05, 4.69) is 0 Å². The van der Waals surface area contributed by atoms with Crippen LogP contribution in [-0.2, 0) is 14.3 Å². The fourth-order valence-corrected chi connectivity index (χ4v) is 1.74. The van der Waals surface area contributed by atoms with E-state index in [0.29, 0.717) is 18.8 Å². The van der Waals surface area contributed by atoms with Crippen molar-refractivity contribution in [2.75, 3.05) is 6.61 Å². The van der Waals surface area contributed by atoms with Crippen molar-refractivity contribution in [3.05, 3.63) is 0 Å². The van der Waals surface area contributed by atoms with E-state index < -0.39 is 5.92 Å². The molecule has 0 unspecified atom stereocenters. The van der Waals surface area contributed by atoms with E-state index in [9.17, 15) is 9.59 Å². The van der Waals surface area contributed by atoms with E-state index in [4.69, 9.17) is 4.74 Å². The van der Waals surface area contributed by atoms with Crippen LogP contribution in [0.15, 0.2) is 0 Å². The van der Waals surface area contributed by atoms with Crippen molar-refractivity contribution in [1.29, 1.82) is 0 Å². The molecule has 80 valence electrons. The minimum Gasteiger partial charge on any atom is -0.465 e. The summed E-state index contributed by atoms with van der Waals surface area (Å²) in [7, 11) is 0. The maximum Gasteiger partial charge on any atom is 0.315 e. The molecule has 0 radical (unpaired) electrons. The van der Waals surface area contributed by atoms with Crippen LogP contribution >= 0.6 is 0 Å². The lowest BCUT2D eigenvalue weighted by molar-refractivity contribution is -0.150. The molecule has 0 spiro atoms. The lowest BCUT2D eigenvalue weighted by Gasteiger charge is -2.21. The van der Waals surface area contributed by atoms with Crippen LogP contribution in [0.5, 0.6) is 0 Å². The van der Waals surface area contributed by atoms with Gasteiger partial charge in [0.05, 0.1) is 6.61 Å². The summed E-state index contributed by atoms with van der Waals surface area (Å²) in [5.74, 6) is -0.476. The van der Waals surface area contributed by atoms with Crippen molar-refractivity contribution >= 4 is 12.3 Å². The number of carbonyl (C=O) groups excluding carboxylic acids is 2. The summed E-state index contributed by atoms with van der Waals surface area (Å²) in [4.78, 5) is 21.5. The SMILES string of the molecule is C[C@H](C=O)C(=O)OCC1CCCCC1. The zero-order valence-corrected chi connectivity index (χ0v) is 8.70. The smallest absolute Gasteiger partial charge is 0.315 e. The molecule has 0 aromatic heterocycles. The average Bonchev–Trinajstić information content (AvgIpc) is 2.26. The Morgan fingerprint density at radius 3 is 2.64 bits per heavy atom. The van der Waals surface area contributed by atoms with E-state index in [-0.39, 0.29) is 5.97 Å². The second kappa shape index (κ2) is 5.78. The number of esters is 1. The molecule has 1 saturated carbocycles. The third kappa shape index (κ3) is 3.48. The Labute approximate surface area is 84.8 Å². The maximum absolute atomic E-state index is 11.2. The first-order valence-electron chi connectivity index (χ1n) is 5.36. The zero-order chi connectivity index (χ0) is 10.4. The summed E-state index contributed by atoms with van der Waals surface area (Å²) in [6.45, 7) is 2.06. The van der Waals surface area contributed by atoms with Gasteiger partial charge in [0.15, 0.2) is 0 Å². The molecule has 3 heteroatoms. The van der Waals surface area contributed by atoms with E-state index in [1.54, 1.807) is 6.92 Å². The Balaban J connectivity index is 2.18. The van der Waals surface area contributed by atoms with Gasteiger partial charge in [-0.3, -0.25) is 4.79 Å². The van der Waals surface area contributed by atoms with Gasteiger partial charge in [0.2, 0.25) is 0 Å². The van der Waals surface area contributed by atoms with Crippen LogP contribution in [0.2, 0.25) is 0 Å². The Kier molecular flexibility index (Phi) is 4.63. The average molecular weight is 198 g/mol. The van der Waals surface area contributed by atoms with Crippen molar-refractivity contribution in [3.63, 3.8) is 0 Å². The van der Waals surface area contributed by atoms with Gasteiger partial charge in [0.25, 0.3) is 0 Å². The van der Waals surface area contributed by atoms with Crippen LogP contribution in [0.1, 0.15) is 39.0 Å². The summed E-state index contributed by atoms with van der Waals surface area (Å²) in [5.41, 5.74) is 0. The number of rotatable bonds is 4.